The average molecular weight is 175 g/mol. The maximum atomic E-state index is 5.78. The zero-order valence-corrected chi connectivity index (χ0v) is 7.87. The number of para-hydroxylation sites is 1. The van der Waals surface area contributed by atoms with Crippen LogP contribution in [0.5, 0.6) is 0 Å². The SMILES string of the molecule is Cc1c([C@@H](C)N)oc2ccccc12. The van der Waals surface area contributed by atoms with Gasteiger partial charge in [0.25, 0.3) is 0 Å². The van der Waals surface area contributed by atoms with Crippen molar-refractivity contribution in [2.24, 2.45) is 5.73 Å². The molecule has 0 aliphatic rings. The minimum Gasteiger partial charge on any atom is -0.459 e. The first-order chi connectivity index (χ1) is 6.20. The van der Waals surface area contributed by atoms with Crippen LogP contribution < -0.4 is 5.73 Å². The molecule has 1 aromatic carbocycles. The van der Waals surface area contributed by atoms with Crippen LogP contribution in [0.15, 0.2) is 28.7 Å². The molecule has 2 rings (SSSR count). The highest BCUT2D eigenvalue weighted by Gasteiger charge is 2.12. The fourth-order valence-corrected chi connectivity index (χ4v) is 1.63. The lowest BCUT2D eigenvalue weighted by atomic mass is 10.1. The Morgan fingerprint density at radius 1 is 1.31 bits per heavy atom. The summed E-state index contributed by atoms with van der Waals surface area (Å²) in [4.78, 5) is 0. The third-order valence-corrected chi connectivity index (χ3v) is 2.29. The summed E-state index contributed by atoms with van der Waals surface area (Å²) in [6.45, 7) is 3.98. The second kappa shape index (κ2) is 2.89. The summed E-state index contributed by atoms with van der Waals surface area (Å²) in [5.74, 6) is 0.890. The number of nitrogens with two attached hydrogens (primary N) is 1. The van der Waals surface area contributed by atoms with Crippen LogP contribution in [0, 0.1) is 6.92 Å². The molecule has 2 aromatic rings. The van der Waals surface area contributed by atoms with Gasteiger partial charge in [0.05, 0.1) is 6.04 Å². The zero-order chi connectivity index (χ0) is 9.42. The van der Waals surface area contributed by atoms with Gasteiger partial charge >= 0.3 is 0 Å². The fraction of sp³-hybridized carbons (Fsp3) is 0.273. The van der Waals surface area contributed by atoms with Gasteiger partial charge in [-0.15, -0.1) is 0 Å². The zero-order valence-electron chi connectivity index (χ0n) is 7.87. The number of benzene rings is 1. The van der Waals surface area contributed by atoms with Gasteiger partial charge in [-0.3, -0.25) is 0 Å². The molecule has 0 aliphatic carbocycles. The van der Waals surface area contributed by atoms with E-state index in [4.69, 9.17) is 10.2 Å². The largest absolute Gasteiger partial charge is 0.459 e. The first kappa shape index (κ1) is 8.32. The summed E-state index contributed by atoms with van der Waals surface area (Å²) in [6, 6.07) is 7.97. The molecular weight excluding hydrogens is 162 g/mol. The lowest BCUT2D eigenvalue weighted by Gasteiger charge is -2.00. The molecule has 0 aliphatic heterocycles. The van der Waals surface area contributed by atoms with E-state index in [1.54, 1.807) is 0 Å². The van der Waals surface area contributed by atoms with Crippen molar-refractivity contribution >= 4 is 11.0 Å². The number of furan rings is 1. The number of rotatable bonds is 1. The first-order valence-corrected chi connectivity index (χ1v) is 4.43. The second-order valence-electron chi connectivity index (χ2n) is 3.38. The normalized spacial score (nSPS) is 13.5. The van der Waals surface area contributed by atoms with E-state index in [0.29, 0.717) is 0 Å². The Balaban J connectivity index is 2.74. The van der Waals surface area contributed by atoms with Gasteiger partial charge in [0.15, 0.2) is 0 Å². The molecule has 2 N–H and O–H groups in total. The predicted molar refractivity (Wildman–Crippen MR) is 53.6 cm³/mol. The van der Waals surface area contributed by atoms with Crippen LogP contribution >= 0.6 is 0 Å². The lowest BCUT2D eigenvalue weighted by Crippen LogP contribution is -2.04. The lowest BCUT2D eigenvalue weighted by molar-refractivity contribution is 0.509. The molecular formula is C11H13NO. The molecule has 2 nitrogen and oxygen atoms in total. The Labute approximate surface area is 77.3 Å². The van der Waals surface area contributed by atoms with Crippen LogP contribution in [0.2, 0.25) is 0 Å². The molecule has 0 fully saturated rings. The van der Waals surface area contributed by atoms with Gasteiger partial charge in [0, 0.05) is 5.39 Å². The molecule has 0 radical (unpaired) electrons. The highest BCUT2D eigenvalue weighted by atomic mass is 16.3. The number of aryl methyl sites for hydroxylation is 1. The molecule has 2 heteroatoms. The van der Waals surface area contributed by atoms with Gasteiger partial charge in [0.2, 0.25) is 0 Å². The number of fused-ring (bicyclic) bond motifs is 1. The van der Waals surface area contributed by atoms with Crippen molar-refractivity contribution in [3.63, 3.8) is 0 Å². The molecule has 68 valence electrons. The third-order valence-electron chi connectivity index (χ3n) is 2.29. The van der Waals surface area contributed by atoms with Crippen LogP contribution in [0.3, 0.4) is 0 Å². The van der Waals surface area contributed by atoms with Gasteiger partial charge < -0.3 is 10.2 Å². The monoisotopic (exact) mass is 175 g/mol. The van der Waals surface area contributed by atoms with E-state index in [0.717, 1.165) is 22.3 Å². The maximum Gasteiger partial charge on any atom is 0.134 e. The standard InChI is InChI=1S/C11H13NO/c1-7-9-5-3-4-6-10(9)13-11(7)8(2)12/h3-6,8H,12H2,1-2H3/t8-/m1/s1. The summed E-state index contributed by atoms with van der Waals surface area (Å²) >= 11 is 0. The van der Waals surface area contributed by atoms with Crippen molar-refractivity contribution in [3.05, 3.63) is 35.6 Å². The topological polar surface area (TPSA) is 39.2 Å². The maximum absolute atomic E-state index is 5.78. The summed E-state index contributed by atoms with van der Waals surface area (Å²) < 4.78 is 5.64. The fourth-order valence-electron chi connectivity index (χ4n) is 1.63. The summed E-state index contributed by atoms with van der Waals surface area (Å²) in [5, 5.41) is 1.16. The first-order valence-electron chi connectivity index (χ1n) is 4.43. The predicted octanol–water partition coefficient (Wildman–Crippen LogP) is 2.76. The Hall–Kier alpha value is -1.28. The van der Waals surface area contributed by atoms with Crippen molar-refractivity contribution in [2.45, 2.75) is 19.9 Å². The van der Waals surface area contributed by atoms with E-state index in [1.165, 1.54) is 0 Å². The van der Waals surface area contributed by atoms with Crippen LogP contribution in [-0.2, 0) is 0 Å². The highest BCUT2D eigenvalue weighted by Crippen LogP contribution is 2.27. The molecule has 1 aromatic heterocycles. The molecule has 0 unspecified atom stereocenters. The molecule has 0 bridgehead atoms. The number of hydrogen-bond acceptors (Lipinski definition) is 2. The second-order valence-corrected chi connectivity index (χ2v) is 3.38. The van der Waals surface area contributed by atoms with E-state index in [9.17, 15) is 0 Å². The third kappa shape index (κ3) is 1.23. The average Bonchev–Trinajstić information content (AvgIpc) is 2.45. The van der Waals surface area contributed by atoms with Gasteiger partial charge in [-0.1, -0.05) is 18.2 Å². The van der Waals surface area contributed by atoms with Gasteiger partial charge in [-0.25, -0.2) is 0 Å². The molecule has 1 heterocycles. The van der Waals surface area contributed by atoms with Crippen molar-refractivity contribution in [2.75, 3.05) is 0 Å². The molecule has 0 spiro atoms. The molecule has 1 atom stereocenters. The van der Waals surface area contributed by atoms with E-state index < -0.39 is 0 Å². The van der Waals surface area contributed by atoms with E-state index in [1.807, 2.05) is 32.0 Å². The Morgan fingerprint density at radius 3 is 2.62 bits per heavy atom. The van der Waals surface area contributed by atoms with Gasteiger partial charge in [-0.05, 0) is 25.5 Å². The quantitative estimate of drug-likeness (QED) is 0.723. The number of hydrogen-bond donors (Lipinski definition) is 1. The Bertz CT molecular complexity index is 429. The van der Waals surface area contributed by atoms with Crippen LogP contribution in [-0.4, -0.2) is 0 Å². The molecule has 0 saturated heterocycles. The highest BCUT2D eigenvalue weighted by molar-refractivity contribution is 5.81. The Morgan fingerprint density at radius 2 is 2.00 bits per heavy atom. The van der Waals surface area contributed by atoms with Crippen molar-refractivity contribution in [1.82, 2.24) is 0 Å². The summed E-state index contributed by atoms with van der Waals surface area (Å²) in [5.41, 5.74) is 7.87. The molecule has 0 saturated carbocycles. The smallest absolute Gasteiger partial charge is 0.134 e. The minimum atomic E-state index is -0.0348. The van der Waals surface area contributed by atoms with Crippen LogP contribution in [0.1, 0.15) is 24.3 Å². The van der Waals surface area contributed by atoms with E-state index in [2.05, 4.69) is 6.07 Å². The van der Waals surface area contributed by atoms with Crippen molar-refractivity contribution in [3.8, 4) is 0 Å². The molecule has 13 heavy (non-hydrogen) atoms. The van der Waals surface area contributed by atoms with E-state index >= 15 is 0 Å². The van der Waals surface area contributed by atoms with Crippen molar-refractivity contribution in [1.29, 1.82) is 0 Å². The molecule has 0 amide bonds. The summed E-state index contributed by atoms with van der Waals surface area (Å²) in [6.07, 6.45) is 0. The van der Waals surface area contributed by atoms with Crippen molar-refractivity contribution < 1.29 is 4.42 Å². The van der Waals surface area contributed by atoms with Crippen LogP contribution in [0.4, 0.5) is 0 Å². The van der Waals surface area contributed by atoms with Crippen LogP contribution in [0.25, 0.3) is 11.0 Å². The van der Waals surface area contributed by atoms with Gasteiger partial charge in [0.1, 0.15) is 11.3 Å². The summed E-state index contributed by atoms with van der Waals surface area (Å²) in [7, 11) is 0. The minimum absolute atomic E-state index is 0.0348. The Kier molecular flexibility index (Phi) is 1.85. The van der Waals surface area contributed by atoms with Gasteiger partial charge in [-0.2, -0.15) is 0 Å². The van der Waals surface area contributed by atoms with E-state index in [-0.39, 0.29) is 6.04 Å².